The maximum absolute atomic E-state index is 12.7. The van der Waals surface area contributed by atoms with E-state index in [1.807, 2.05) is 0 Å². The van der Waals surface area contributed by atoms with Crippen molar-refractivity contribution in [1.29, 1.82) is 0 Å². The summed E-state index contributed by atoms with van der Waals surface area (Å²) in [5.41, 5.74) is 6.61. The Hall–Kier alpha value is -1.68. The number of benzene rings is 1. The minimum atomic E-state index is -3.79. The van der Waals surface area contributed by atoms with Crippen LogP contribution in [0.4, 0.5) is 5.69 Å². The lowest BCUT2D eigenvalue weighted by molar-refractivity contribution is -0.130. The van der Waals surface area contributed by atoms with Gasteiger partial charge in [-0.2, -0.15) is 4.31 Å². The molecule has 0 spiro atoms. The second-order valence-corrected chi connectivity index (χ2v) is 9.48. The Labute approximate surface area is 171 Å². The van der Waals surface area contributed by atoms with Crippen LogP contribution in [-0.4, -0.2) is 62.2 Å². The lowest BCUT2D eigenvalue weighted by Gasteiger charge is -2.22. The van der Waals surface area contributed by atoms with E-state index in [0.717, 1.165) is 17.1 Å². The monoisotopic (exact) mass is 430 g/mol. The van der Waals surface area contributed by atoms with Crippen LogP contribution < -0.4 is 11.1 Å². The van der Waals surface area contributed by atoms with Crippen LogP contribution in [0.2, 0.25) is 0 Å². The van der Waals surface area contributed by atoms with E-state index in [1.54, 1.807) is 4.90 Å². The van der Waals surface area contributed by atoms with Crippen LogP contribution >= 0.6 is 12.4 Å². The third-order valence-electron chi connectivity index (χ3n) is 5.51. The predicted molar refractivity (Wildman–Crippen MR) is 109 cm³/mol. The van der Waals surface area contributed by atoms with Gasteiger partial charge in [0.2, 0.25) is 21.8 Å². The number of likely N-dealkylation sites (tertiary alicyclic amines) is 1. The van der Waals surface area contributed by atoms with Crippen molar-refractivity contribution in [2.45, 2.75) is 30.7 Å². The van der Waals surface area contributed by atoms with Gasteiger partial charge in [-0.3, -0.25) is 9.59 Å². The number of rotatable bonds is 5. The number of nitrogens with one attached hydrogen (secondary N) is 1. The zero-order chi connectivity index (χ0) is 19.8. The first-order valence-electron chi connectivity index (χ1n) is 9.06. The van der Waals surface area contributed by atoms with E-state index in [9.17, 15) is 18.0 Å². The summed E-state index contributed by atoms with van der Waals surface area (Å²) in [4.78, 5) is 25.4. The van der Waals surface area contributed by atoms with Gasteiger partial charge in [-0.1, -0.05) is 0 Å². The molecule has 0 radical (unpaired) electrons. The van der Waals surface area contributed by atoms with Crippen LogP contribution in [0.1, 0.15) is 19.8 Å². The summed E-state index contributed by atoms with van der Waals surface area (Å²) < 4.78 is 26.5. The molecule has 1 saturated carbocycles. The number of likely N-dealkylation sites (N-methyl/N-ethyl adjacent to an activating group) is 1. The van der Waals surface area contributed by atoms with E-state index in [-0.39, 0.29) is 41.7 Å². The summed E-state index contributed by atoms with van der Waals surface area (Å²) in [5, 5.41) is 2.59. The molecule has 156 valence electrons. The van der Waals surface area contributed by atoms with Crippen molar-refractivity contribution < 1.29 is 18.0 Å². The van der Waals surface area contributed by atoms with E-state index in [1.165, 1.54) is 38.2 Å². The highest BCUT2D eigenvalue weighted by Gasteiger charge is 2.42. The molecule has 3 N–H and O–H groups in total. The summed E-state index contributed by atoms with van der Waals surface area (Å²) in [7, 11) is -2.39. The van der Waals surface area contributed by atoms with Crippen molar-refractivity contribution in [3.8, 4) is 0 Å². The Bertz CT molecular complexity index is 830. The molecule has 3 rings (SSSR count). The molecule has 1 aromatic carbocycles. The molecule has 0 aromatic heterocycles. The summed E-state index contributed by atoms with van der Waals surface area (Å²) in [6.45, 7) is 2.45. The van der Waals surface area contributed by atoms with Gasteiger partial charge in [0.05, 0.1) is 11.4 Å². The van der Waals surface area contributed by atoms with E-state index in [4.69, 9.17) is 5.73 Å². The van der Waals surface area contributed by atoms with Gasteiger partial charge < -0.3 is 16.0 Å². The predicted octanol–water partition coefficient (Wildman–Crippen LogP) is 0.883. The van der Waals surface area contributed by atoms with Gasteiger partial charge in [0, 0.05) is 38.8 Å². The van der Waals surface area contributed by atoms with Crippen molar-refractivity contribution in [1.82, 2.24) is 9.21 Å². The maximum Gasteiger partial charge on any atom is 0.243 e. The van der Waals surface area contributed by atoms with Crippen LogP contribution in [0.5, 0.6) is 0 Å². The molecule has 3 unspecified atom stereocenters. The van der Waals surface area contributed by atoms with Gasteiger partial charge in [-0.25, -0.2) is 8.42 Å². The van der Waals surface area contributed by atoms with Crippen LogP contribution in [0, 0.1) is 11.8 Å². The average molecular weight is 431 g/mol. The highest BCUT2D eigenvalue weighted by atomic mass is 35.5. The first-order chi connectivity index (χ1) is 12.7. The van der Waals surface area contributed by atoms with Gasteiger partial charge in [0.1, 0.15) is 0 Å². The van der Waals surface area contributed by atoms with E-state index >= 15 is 0 Å². The number of anilines is 1. The fourth-order valence-electron chi connectivity index (χ4n) is 3.98. The summed E-state index contributed by atoms with van der Waals surface area (Å²) >= 11 is 0. The molecule has 1 aliphatic carbocycles. The molecular formula is C18H27ClN4O4S. The number of hydrogen-bond donors (Lipinski definition) is 2. The summed E-state index contributed by atoms with van der Waals surface area (Å²) in [6, 6.07) is 6.01. The third kappa shape index (κ3) is 4.65. The highest BCUT2D eigenvalue weighted by molar-refractivity contribution is 7.89. The first-order valence-corrected chi connectivity index (χ1v) is 10.5. The minimum Gasteiger partial charge on any atom is -0.341 e. The van der Waals surface area contributed by atoms with Gasteiger partial charge >= 0.3 is 0 Å². The normalized spacial score (nSPS) is 24.0. The fraction of sp³-hybridized carbons (Fsp3) is 0.556. The molecular weight excluding hydrogens is 404 g/mol. The van der Waals surface area contributed by atoms with Gasteiger partial charge in [-0.15, -0.1) is 12.4 Å². The Balaban J connectivity index is 0.00000280. The average Bonchev–Trinajstić information content (AvgIpc) is 3.17. The van der Waals surface area contributed by atoms with Crippen LogP contribution in [0.3, 0.4) is 0 Å². The fourth-order valence-corrected chi connectivity index (χ4v) is 5.10. The number of nitrogens with zero attached hydrogens (tertiary/aromatic N) is 2. The van der Waals surface area contributed by atoms with Crippen molar-refractivity contribution in [3.05, 3.63) is 24.3 Å². The maximum atomic E-state index is 12.7. The number of carbonyl (C=O) groups is 2. The lowest BCUT2D eigenvalue weighted by Crippen LogP contribution is -2.41. The standard InChI is InChI=1S/C18H26N4O4S.ClH/c1-12(23)20-14-4-6-15(7-5-14)27(25,26)21(2)11-18(24)22-9-13-3-8-17(19)16(13)10-22;/h4-7,13,16-17H,3,8-11,19H2,1-2H3,(H,20,23);1H. The van der Waals surface area contributed by atoms with Crippen molar-refractivity contribution in [3.63, 3.8) is 0 Å². The third-order valence-corrected chi connectivity index (χ3v) is 7.32. The van der Waals surface area contributed by atoms with E-state index in [2.05, 4.69) is 5.32 Å². The van der Waals surface area contributed by atoms with Gasteiger partial charge in [0.25, 0.3) is 0 Å². The quantitative estimate of drug-likeness (QED) is 0.720. The Kier molecular flexibility index (Phi) is 7.08. The molecule has 2 amide bonds. The zero-order valence-corrected chi connectivity index (χ0v) is 17.6. The molecule has 0 bridgehead atoms. The smallest absolute Gasteiger partial charge is 0.243 e. The number of amides is 2. The number of carbonyl (C=O) groups excluding carboxylic acids is 2. The zero-order valence-electron chi connectivity index (χ0n) is 16.0. The number of halogens is 1. The molecule has 2 aliphatic rings. The molecule has 28 heavy (non-hydrogen) atoms. The molecule has 1 aromatic rings. The molecule has 8 nitrogen and oxygen atoms in total. The molecule has 1 saturated heterocycles. The molecule has 3 atom stereocenters. The Morgan fingerprint density at radius 2 is 1.86 bits per heavy atom. The van der Waals surface area contributed by atoms with Crippen LogP contribution in [0.15, 0.2) is 29.2 Å². The molecule has 2 fully saturated rings. The summed E-state index contributed by atoms with van der Waals surface area (Å²) in [5.74, 6) is 0.338. The lowest BCUT2D eigenvalue weighted by atomic mass is 9.98. The minimum absolute atomic E-state index is 0. The van der Waals surface area contributed by atoms with E-state index < -0.39 is 10.0 Å². The number of fused-ring (bicyclic) bond motifs is 1. The second-order valence-electron chi connectivity index (χ2n) is 7.43. The van der Waals surface area contributed by atoms with E-state index in [0.29, 0.717) is 30.6 Å². The largest absolute Gasteiger partial charge is 0.341 e. The summed E-state index contributed by atoms with van der Waals surface area (Å²) in [6.07, 6.45) is 2.03. The number of sulfonamides is 1. The van der Waals surface area contributed by atoms with Crippen LogP contribution in [-0.2, 0) is 19.6 Å². The number of nitrogens with two attached hydrogens (primary N) is 1. The van der Waals surface area contributed by atoms with Crippen molar-refractivity contribution in [2.24, 2.45) is 17.6 Å². The topological polar surface area (TPSA) is 113 Å². The highest BCUT2D eigenvalue weighted by Crippen LogP contribution is 2.37. The van der Waals surface area contributed by atoms with Crippen LogP contribution in [0.25, 0.3) is 0 Å². The van der Waals surface area contributed by atoms with Gasteiger partial charge in [0.15, 0.2) is 0 Å². The van der Waals surface area contributed by atoms with Crippen molar-refractivity contribution in [2.75, 3.05) is 32.0 Å². The number of hydrogen-bond acceptors (Lipinski definition) is 5. The van der Waals surface area contributed by atoms with Crippen molar-refractivity contribution >= 4 is 39.9 Å². The second kappa shape index (κ2) is 8.77. The SMILES string of the molecule is CC(=O)Nc1ccc(S(=O)(=O)N(C)CC(=O)N2CC3CCC(N)C3C2)cc1.Cl. The molecule has 1 heterocycles. The van der Waals surface area contributed by atoms with Gasteiger partial charge in [-0.05, 0) is 48.9 Å². The molecule has 1 aliphatic heterocycles. The Morgan fingerprint density at radius 1 is 1.21 bits per heavy atom. The Morgan fingerprint density at radius 3 is 2.43 bits per heavy atom. The molecule has 10 heteroatoms. The first kappa shape index (κ1) is 22.6.